The Morgan fingerprint density at radius 2 is 1.60 bits per heavy atom. The summed E-state index contributed by atoms with van der Waals surface area (Å²) in [4.78, 5) is 0. The van der Waals surface area contributed by atoms with Crippen LogP contribution in [0.2, 0.25) is 36.3 Å². The van der Waals surface area contributed by atoms with Crippen LogP contribution in [0, 0.1) is 5.92 Å². The maximum absolute atomic E-state index is 12.2. The molecule has 0 fully saturated rings. The lowest BCUT2D eigenvalue weighted by atomic mass is 10.0. The van der Waals surface area contributed by atoms with Crippen LogP contribution in [0.25, 0.3) is 0 Å². The van der Waals surface area contributed by atoms with Gasteiger partial charge in [0.15, 0.2) is 16.6 Å². The highest BCUT2D eigenvalue weighted by molar-refractivity contribution is 6.74. The Bertz CT molecular complexity index is 594. The zero-order chi connectivity index (χ0) is 23.4. The summed E-state index contributed by atoms with van der Waals surface area (Å²) in [7, 11) is -3.77. The van der Waals surface area contributed by atoms with Crippen molar-refractivity contribution in [1.29, 1.82) is 0 Å². The molecule has 3 nitrogen and oxygen atoms in total. The predicted octanol–water partition coefficient (Wildman–Crippen LogP) is 7.17. The fraction of sp³-hybridized carbons (Fsp3) is 0.840. The first kappa shape index (κ1) is 27.7. The quantitative estimate of drug-likeness (QED) is 0.200. The van der Waals surface area contributed by atoms with E-state index in [2.05, 4.69) is 86.8 Å². The van der Waals surface area contributed by atoms with Crippen molar-refractivity contribution < 1.29 is 14.0 Å². The minimum atomic E-state index is -1.92. The zero-order valence-corrected chi connectivity index (χ0v) is 23.7. The van der Waals surface area contributed by atoms with Crippen LogP contribution in [0.4, 0.5) is 0 Å². The van der Waals surface area contributed by atoms with Crippen molar-refractivity contribution in [1.82, 2.24) is 0 Å². The third-order valence-electron chi connectivity index (χ3n) is 7.35. The van der Waals surface area contributed by atoms with Crippen molar-refractivity contribution >= 4 is 16.6 Å². The van der Waals surface area contributed by atoms with Gasteiger partial charge in [0.1, 0.15) is 0 Å². The van der Waals surface area contributed by atoms with Gasteiger partial charge in [-0.25, -0.2) is 0 Å². The Balaban J connectivity index is 2.98. The molecule has 0 aromatic rings. The minimum Gasteiger partial charge on any atom is -0.876 e. The molecule has 0 radical (unpaired) electrons. The second-order valence-electron chi connectivity index (χ2n) is 12.1. The summed E-state index contributed by atoms with van der Waals surface area (Å²) in [5.74, 6) is 0.268. The maximum Gasteiger partial charge on any atom is 0.192 e. The molecular weight excluding hydrogens is 404 g/mol. The maximum atomic E-state index is 12.2. The molecule has 30 heavy (non-hydrogen) atoms. The highest BCUT2D eigenvalue weighted by Gasteiger charge is 2.41. The molecule has 0 aliphatic heterocycles. The largest absolute Gasteiger partial charge is 0.876 e. The van der Waals surface area contributed by atoms with Crippen molar-refractivity contribution in [2.45, 2.75) is 129 Å². The lowest BCUT2D eigenvalue weighted by Crippen LogP contribution is -2.45. The lowest BCUT2D eigenvalue weighted by molar-refractivity contribution is -0.306. The first-order valence-corrected chi connectivity index (χ1v) is 17.7. The van der Waals surface area contributed by atoms with E-state index in [4.69, 9.17) is 8.85 Å². The summed E-state index contributed by atoms with van der Waals surface area (Å²) >= 11 is 0. The summed E-state index contributed by atoms with van der Waals surface area (Å²) < 4.78 is 13.4. The standard InChI is InChI=1S/C25H50O3Si2/c1-12-13-14-15-22(27-29(8,9)24(2,3)4)17-16-20-18-21(26)19-23(20)28-30(10,11)25(5,6)7/h16-18,20,22-23,26H,12-15,19H2,1-11H3/p-1/b17-16+/t20-,22+,23-/m1/s1. The molecular formula is C25H49O3Si2-. The van der Waals surface area contributed by atoms with E-state index in [1.165, 1.54) is 19.3 Å². The van der Waals surface area contributed by atoms with E-state index < -0.39 is 16.6 Å². The van der Waals surface area contributed by atoms with Gasteiger partial charge in [0, 0.05) is 5.92 Å². The molecule has 1 rings (SSSR count). The second-order valence-corrected chi connectivity index (χ2v) is 21.6. The number of rotatable bonds is 10. The molecule has 0 amide bonds. The summed E-state index contributed by atoms with van der Waals surface area (Å²) in [5, 5.41) is 12.6. The molecule has 3 atom stereocenters. The molecule has 1 aliphatic rings. The van der Waals surface area contributed by atoms with Crippen LogP contribution < -0.4 is 5.11 Å². The van der Waals surface area contributed by atoms with Gasteiger partial charge in [-0.3, -0.25) is 0 Å². The van der Waals surface area contributed by atoms with Crippen molar-refractivity contribution in [2.24, 2.45) is 5.92 Å². The molecule has 0 N–H and O–H groups in total. The van der Waals surface area contributed by atoms with Crippen LogP contribution in [-0.4, -0.2) is 28.8 Å². The van der Waals surface area contributed by atoms with E-state index in [1.807, 2.05) is 6.08 Å². The fourth-order valence-electron chi connectivity index (χ4n) is 3.18. The monoisotopic (exact) mass is 453 g/mol. The Labute approximate surface area is 189 Å². The van der Waals surface area contributed by atoms with Gasteiger partial charge in [-0.15, -0.1) is 5.76 Å². The van der Waals surface area contributed by atoms with Crippen LogP contribution in [-0.2, 0) is 8.85 Å². The number of hydrogen-bond donors (Lipinski definition) is 0. The molecule has 0 heterocycles. The van der Waals surface area contributed by atoms with Crippen LogP contribution in [0.5, 0.6) is 0 Å². The summed E-state index contributed by atoms with van der Waals surface area (Å²) in [6, 6.07) is 0. The van der Waals surface area contributed by atoms with Crippen molar-refractivity contribution in [3.63, 3.8) is 0 Å². The molecule has 0 aromatic carbocycles. The topological polar surface area (TPSA) is 41.5 Å². The fourth-order valence-corrected chi connectivity index (χ4v) is 5.83. The van der Waals surface area contributed by atoms with E-state index in [-0.39, 0.29) is 34.0 Å². The van der Waals surface area contributed by atoms with Crippen LogP contribution in [0.3, 0.4) is 0 Å². The molecule has 176 valence electrons. The van der Waals surface area contributed by atoms with E-state index in [0.717, 1.165) is 6.42 Å². The SMILES string of the molecule is CCCCC[C@@H](/C=C/[C@@H]1C=C([O-])C[C@H]1O[Si](C)(C)C(C)(C)C)O[Si](C)(C)C(C)(C)C. The van der Waals surface area contributed by atoms with Gasteiger partial charge in [-0.1, -0.05) is 86.0 Å². The van der Waals surface area contributed by atoms with Crippen LogP contribution >= 0.6 is 0 Å². The number of unbranched alkanes of at least 4 members (excludes halogenated alkanes) is 2. The van der Waals surface area contributed by atoms with Gasteiger partial charge in [0.05, 0.1) is 12.2 Å². The van der Waals surface area contributed by atoms with Crippen LogP contribution in [0.1, 0.15) is 80.6 Å². The van der Waals surface area contributed by atoms with Crippen molar-refractivity contribution in [3.05, 3.63) is 24.0 Å². The van der Waals surface area contributed by atoms with Gasteiger partial charge < -0.3 is 14.0 Å². The van der Waals surface area contributed by atoms with E-state index >= 15 is 0 Å². The molecule has 0 saturated carbocycles. The lowest BCUT2D eigenvalue weighted by Gasteiger charge is -2.40. The normalized spacial score (nSPS) is 22.6. The van der Waals surface area contributed by atoms with Gasteiger partial charge >= 0.3 is 0 Å². The smallest absolute Gasteiger partial charge is 0.192 e. The second kappa shape index (κ2) is 10.5. The highest BCUT2D eigenvalue weighted by Crippen LogP contribution is 2.41. The molecule has 0 saturated heterocycles. The minimum absolute atomic E-state index is 0.0289. The average molecular weight is 454 g/mol. The molecule has 1 aliphatic carbocycles. The van der Waals surface area contributed by atoms with E-state index in [1.54, 1.807) is 0 Å². The molecule has 5 heteroatoms. The summed E-state index contributed by atoms with van der Waals surface area (Å²) in [5.41, 5.74) is 0. The third kappa shape index (κ3) is 7.96. The predicted molar refractivity (Wildman–Crippen MR) is 134 cm³/mol. The third-order valence-corrected chi connectivity index (χ3v) is 16.4. The van der Waals surface area contributed by atoms with Gasteiger partial charge in [0.25, 0.3) is 0 Å². The Morgan fingerprint density at radius 1 is 1.03 bits per heavy atom. The molecule has 0 aromatic heterocycles. The van der Waals surface area contributed by atoms with Crippen molar-refractivity contribution in [3.8, 4) is 0 Å². The van der Waals surface area contributed by atoms with Gasteiger partial charge in [0.2, 0.25) is 0 Å². The molecule has 0 spiro atoms. The zero-order valence-electron chi connectivity index (χ0n) is 21.7. The van der Waals surface area contributed by atoms with E-state index in [0.29, 0.717) is 6.42 Å². The van der Waals surface area contributed by atoms with Gasteiger partial charge in [-0.2, -0.15) is 0 Å². The Hall–Kier alpha value is -0.366. The highest BCUT2D eigenvalue weighted by atomic mass is 28.4. The Kier molecular flexibility index (Phi) is 9.68. The summed E-state index contributed by atoms with van der Waals surface area (Å²) in [6.07, 6.45) is 11.6. The van der Waals surface area contributed by atoms with Gasteiger partial charge in [-0.05, 0) is 49.1 Å². The first-order chi connectivity index (χ1) is 13.5. The first-order valence-electron chi connectivity index (χ1n) is 11.9. The summed E-state index contributed by atoms with van der Waals surface area (Å²) in [6.45, 7) is 25.0. The Morgan fingerprint density at radius 3 is 2.10 bits per heavy atom. The molecule has 0 bridgehead atoms. The van der Waals surface area contributed by atoms with Crippen molar-refractivity contribution in [2.75, 3.05) is 0 Å². The van der Waals surface area contributed by atoms with Crippen LogP contribution in [0.15, 0.2) is 24.0 Å². The van der Waals surface area contributed by atoms with E-state index in [9.17, 15) is 5.11 Å². The number of hydrogen-bond acceptors (Lipinski definition) is 3. The molecule has 0 unspecified atom stereocenters. The average Bonchev–Trinajstić information content (AvgIpc) is 2.89.